The molecule has 22 heteroatoms. The molecular formula is C16H22N3O16P3. The Labute approximate surface area is 211 Å². The second kappa shape index (κ2) is 11.5. The van der Waals surface area contributed by atoms with E-state index in [0.29, 0.717) is 5.56 Å². The summed E-state index contributed by atoms with van der Waals surface area (Å²) in [6.07, 6.45) is -1.83. The van der Waals surface area contributed by atoms with Gasteiger partial charge >= 0.3 is 35.1 Å². The van der Waals surface area contributed by atoms with E-state index in [1.807, 2.05) is 0 Å². The van der Waals surface area contributed by atoms with Crippen LogP contribution in [-0.2, 0) is 42.9 Å². The molecule has 0 radical (unpaired) electrons. The summed E-state index contributed by atoms with van der Waals surface area (Å²) < 4.78 is 63.3. The molecule has 2 aromatic heterocycles. The van der Waals surface area contributed by atoms with E-state index in [4.69, 9.17) is 29.4 Å². The van der Waals surface area contributed by atoms with Crippen LogP contribution in [0.4, 0.5) is 0 Å². The fourth-order valence-corrected chi connectivity index (χ4v) is 6.31. The summed E-state index contributed by atoms with van der Waals surface area (Å²) in [5.74, 6) is -1.27. The number of hydrogen-bond acceptors (Lipinski definition) is 13. The molecule has 7 N–H and O–H groups in total. The van der Waals surface area contributed by atoms with E-state index in [-0.39, 0.29) is 24.3 Å². The third kappa shape index (κ3) is 7.89. The lowest BCUT2D eigenvalue weighted by atomic mass is 10.2. The average Bonchev–Trinajstić information content (AvgIpc) is 3.39. The Morgan fingerprint density at radius 2 is 1.87 bits per heavy atom. The van der Waals surface area contributed by atoms with Crippen molar-refractivity contribution in [2.24, 2.45) is 5.73 Å². The zero-order valence-corrected chi connectivity index (χ0v) is 21.8. The number of phosphoric acid groups is 3. The highest BCUT2D eigenvalue weighted by Crippen LogP contribution is 2.66. The lowest BCUT2D eigenvalue weighted by Gasteiger charge is -2.21. The summed E-state index contributed by atoms with van der Waals surface area (Å²) in [6.45, 7) is 0.350. The number of ether oxygens (including phenoxy) is 2. The Morgan fingerprint density at radius 3 is 2.50 bits per heavy atom. The van der Waals surface area contributed by atoms with Gasteiger partial charge in [0.15, 0.2) is 0 Å². The first-order valence-electron chi connectivity index (χ1n) is 10.2. The number of nitrogens with two attached hydrogens (primary N) is 1. The van der Waals surface area contributed by atoms with E-state index in [9.17, 15) is 37.9 Å². The second-order valence-electron chi connectivity index (χ2n) is 7.65. The van der Waals surface area contributed by atoms with Crippen LogP contribution >= 0.6 is 23.5 Å². The van der Waals surface area contributed by atoms with Gasteiger partial charge in [-0.1, -0.05) is 0 Å². The van der Waals surface area contributed by atoms with E-state index in [0.717, 1.165) is 10.8 Å². The first-order valence-corrected chi connectivity index (χ1v) is 14.8. The average molecular weight is 605 g/mol. The van der Waals surface area contributed by atoms with Crippen LogP contribution in [-0.4, -0.2) is 53.9 Å². The van der Waals surface area contributed by atoms with Crippen LogP contribution in [0.3, 0.4) is 0 Å². The van der Waals surface area contributed by atoms with Crippen molar-refractivity contribution in [2.75, 3.05) is 6.61 Å². The number of nitrogens with zero attached hydrogens (tertiary/aromatic N) is 1. The Bertz CT molecular complexity index is 1440. The summed E-state index contributed by atoms with van der Waals surface area (Å²) in [5, 5.41) is 0. The third-order valence-electron chi connectivity index (χ3n) is 4.86. The van der Waals surface area contributed by atoms with Crippen LogP contribution in [0.5, 0.6) is 0 Å². The van der Waals surface area contributed by atoms with Gasteiger partial charge in [0.1, 0.15) is 18.4 Å². The molecule has 0 spiro atoms. The fraction of sp³-hybridized carbons (Fsp3) is 0.438. The number of aromatic nitrogens is 2. The highest BCUT2D eigenvalue weighted by atomic mass is 31.3. The molecule has 0 bridgehead atoms. The molecule has 3 unspecified atom stereocenters. The van der Waals surface area contributed by atoms with Gasteiger partial charge in [-0.25, -0.2) is 23.3 Å². The van der Waals surface area contributed by atoms with Crippen LogP contribution in [0.2, 0.25) is 0 Å². The van der Waals surface area contributed by atoms with Gasteiger partial charge in [0.05, 0.1) is 12.9 Å². The van der Waals surface area contributed by atoms with Crippen molar-refractivity contribution in [2.45, 2.75) is 38.3 Å². The highest BCUT2D eigenvalue weighted by molar-refractivity contribution is 7.66. The molecule has 0 saturated carbocycles. The quantitative estimate of drug-likeness (QED) is 0.142. The molecular weight excluding hydrogens is 583 g/mol. The molecule has 212 valence electrons. The van der Waals surface area contributed by atoms with Crippen LogP contribution < -0.4 is 17.0 Å². The number of aromatic amines is 1. The summed E-state index contributed by atoms with van der Waals surface area (Å²) in [7, 11) is -16.9. The number of phosphoric ester groups is 1. The van der Waals surface area contributed by atoms with Crippen molar-refractivity contribution in [1.29, 1.82) is 0 Å². The summed E-state index contributed by atoms with van der Waals surface area (Å²) >= 11 is 0. The van der Waals surface area contributed by atoms with E-state index in [1.54, 1.807) is 0 Å². The third-order valence-corrected chi connectivity index (χ3v) is 8.67. The minimum absolute atomic E-state index is 0.0771. The van der Waals surface area contributed by atoms with Crippen molar-refractivity contribution in [3.05, 3.63) is 56.3 Å². The molecule has 1 aliphatic rings. The highest BCUT2D eigenvalue weighted by Gasteiger charge is 2.44. The van der Waals surface area contributed by atoms with Crippen LogP contribution in [0, 0.1) is 6.92 Å². The van der Waals surface area contributed by atoms with E-state index < -0.39 is 65.7 Å². The predicted molar refractivity (Wildman–Crippen MR) is 120 cm³/mol. The molecule has 1 fully saturated rings. The maximum absolute atomic E-state index is 12.6. The minimum atomic E-state index is -5.78. The van der Waals surface area contributed by atoms with Gasteiger partial charge in [0.25, 0.3) is 5.56 Å². The largest absolute Gasteiger partial charge is 0.490 e. The number of carbonyl (C=O) groups is 1. The molecule has 3 heterocycles. The van der Waals surface area contributed by atoms with Crippen molar-refractivity contribution < 1.29 is 65.1 Å². The first kappa shape index (κ1) is 30.3. The molecule has 1 saturated heterocycles. The molecule has 0 amide bonds. The number of rotatable bonds is 11. The Kier molecular flexibility index (Phi) is 9.15. The number of H-pyrrole nitrogens is 1. The minimum Gasteiger partial charge on any atom is -0.457 e. The summed E-state index contributed by atoms with van der Waals surface area (Å²) in [6, 6.07) is 1.42. The van der Waals surface area contributed by atoms with Crippen LogP contribution in [0.15, 0.2) is 32.5 Å². The van der Waals surface area contributed by atoms with Gasteiger partial charge in [0.2, 0.25) is 5.76 Å². The zero-order valence-electron chi connectivity index (χ0n) is 19.1. The van der Waals surface area contributed by atoms with Gasteiger partial charge in [-0.3, -0.25) is 18.9 Å². The maximum atomic E-state index is 12.6. The van der Waals surface area contributed by atoms with Crippen molar-refractivity contribution in [1.82, 2.24) is 9.55 Å². The van der Waals surface area contributed by atoms with E-state index in [2.05, 4.69) is 18.1 Å². The smallest absolute Gasteiger partial charge is 0.457 e. The van der Waals surface area contributed by atoms with Crippen LogP contribution in [0.1, 0.15) is 34.3 Å². The molecule has 19 nitrogen and oxygen atoms in total. The number of hydrogen-bond donors (Lipinski definition) is 6. The first-order chi connectivity index (χ1) is 17.5. The predicted octanol–water partition coefficient (Wildman–Crippen LogP) is -0.247. The molecule has 0 aromatic carbocycles. The van der Waals surface area contributed by atoms with Crippen molar-refractivity contribution >= 4 is 29.4 Å². The number of nitrogens with one attached hydrogen (secondary N) is 1. The fourth-order valence-electron chi connectivity index (χ4n) is 3.28. The van der Waals surface area contributed by atoms with Crippen molar-refractivity contribution in [3.8, 4) is 0 Å². The Hall–Kier alpha value is -2.24. The SMILES string of the molecule is Cc1cn([C@H]2C[C@@H](OC(=O)c3occc3CN)C(COP(=O)(O)OP(=O)(O)OP(=O)(O)O)O2)c(=O)[nH]c1=O. The molecule has 2 aromatic rings. The Balaban J connectivity index is 1.81. The number of aryl methyl sites for hydroxylation is 1. The molecule has 0 aliphatic carbocycles. The number of furan rings is 1. The summed E-state index contributed by atoms with van der Waals surface area (Å²) in [4.78, 5) is 74.9. The lowest BCUT2D eigenvalue weighted by Crippen LogP contribution is -2.33. The molecule has 3 rings (SSSR count). The van der Waals surface area contributed by atoms with Gasteiger partial charge in [-0.05, 0) is 13.0 Å². The van der Waals surface area contributed by atoms with E-state index >= 15 is 0 Å². The normalized spacial score (nSPS) is 23.1. The van der Waals surface area contributed by atoms with Crippen molar-refractivity contribution in [3.63, 3.8) is 0 Å². The lowest BCUT2D eigenvalue weighted by molar-refractivity contribution is -0.0518. The standard InChI is InChI=1S/C16H22N3O16P3/c1-8-6-19(16(22)18-14(8)20)12-4-10(33-15(21)13-9(5-17)2-3-30-13)11(32-12)7-31-37(26,27)35-38(28,29)34-36(23,24)25/h2-3,6,10-12H,4-5,7,17H2,1H3,(H,26,27)(H,28,29)(H,18,20,22)(H2,23,24,25)/t10-,11?,12-/m1/s1. The van der Waals surface area contributed by atoms with Gasteiger partial charge in [-0.15, -0.1) is 0 Å². The topological polar surface area (TPSA) is 289 Å². The molecule has 38 heavy (non-hydrogen) atoms. The summed E-state index contributed by atoms with van der Waals surface area (Å²) in [5.41, 5.74) is 4.41. The molecule has 5 atom stereocenters. The number of carbonyl (C=O) groups excluding carboxylic acids is 1. The monoisotopic (exact) mass is 605 g/mol. The van der Waals surface area contributed by atoms with E-state index in [1.165, 1.54) is 19.3 Å². The number of esters is 1. The van der Waals surface area contributed by atoms with Crippen LogP contribution in [0.25, 0.3) is 0 Å². The van der Waals surface area contributed by atoms with Gasteiger partial charge < -0.3 is 39.2 Å². The zero-order chi connectivity index (χ0) is 28.5. The van der Waals surface area contributed by atoms with Gasteiger partial charge in [-0.2, -0.15) is 8.62 Å². The Morgan fingerprint density at radius 1 is 1.18 bits per heavy atom. The van der Waals surface area contributed by atoms with Gasteiger partial charge in [0, 0.05) is 30.3 Å². The molecule has 1 aliphatic heterocycles. The maximum Gasteiger partial charge on any atom is 0.490 e. The second-order valence-corrected chi connectivity index (χ2v) is 12.1.